The molecule has 2 aliphatic rings. The fourth-order valence-electron chi connectivity index (χ4n) is 6.16. The van der Waals surface area contributed by atoms with E-state index >= 15 is 0 Å². The second kappa shape index (κ2) is 14.9. The Morgan fingerprint density at radius 1 is 0.821 bits per heavy atom. The molecule has 203 valence electrons. The molecule has 1 saturated heterocycles. The minimum Gasteiger partial charge on any atom is -0.698 e. The molecule has 5 heteroatoms. The van der Waals surface area contributed by atoms with Crippen LogP contribution >= 0.6 is 0 Å². The Bertz CT molecular complexity index is 1230. The Balaban J connectivity index is 0.00000353. The summed E-state index contributed by atoms with van der Waals surface area (Å²) in [6.07, 6.45) is 7.27. The summed E-state index contributed by atoms with van der Waals surface area (Å²) in [7, 11) is 0. The summed E-state index contributed by atoms with van der Waals surface area (Å²) in [5, 5.41) is 0. The third kappa shape index (κ3) is 8.49. The first-order chi connectivity index (χ1) is 18.5. The first-order valence-corrected chi connectivity index (χ1v) is 14.5. The van der Waals surface area contributed by atoms with E-state index in [0.717, 1.165) is 82.0 Å². The van der Waals surface area contributed by atoms with Gasteiger partial charge in [0, 0.05) is 82.2 Å². The number of fused-ring (bicyclic) bond motifs is 1. The Labute approximate surface area is 270 Å². The average molecular weight is 736 g/mol. The van der Waals surface area contributed by atoms with Gasteiger partial charge in [-0.3, -0.25) is 14.6 Å². The summed E-state index contributed by atoms with van der Waals surface area (Å²) in [6, 6.07) is 23.1. The molecule has 0 bridgehead atoms. The van der Waals surface area contributed by atoms with Crippen molar-refractivity contribution >= 4 is 11.5 Å². The second-order valence-corrected chi connectivity index (χ2v) is 11.4. The summed E-state index contributed by atoms with van der Waals surface area (Å²) < 4.78 is 0. The number of likely N-dealkylation sites (tertiary alicyclic amines) is 1. The number of hydrogen-bond donors (Lipinski definition) is 0. The van der Waals surface area contributed by atoms with E-state index in [1.165, 1.54) is 35.1 Å². The first-order valence-electron chi connectivity index (χ1n) is 14.5. The van der Waals surface area contributed by atoms with Gasteiger partial charge in [0.25, 0.3) is 0 Å². The number of Topliss-reactive ketones (excluding diaryl/α,β-unsaturated/α-hetero) is 1. The zero-order valence-corrected chi connectivity index (χ0v) is 28.2. The van der Waals surface area contributed by atoms with Crippen LogP contribution in [0, 0.1) is 56.9 Å². The van der Waals surface area contributed by atoms with Crippen LogP contribution in [0.1, 0.15) is 70.3 Å². The van der Waals surface area contributed by atoms with Gasteiger partial charge in [-0.25, -0.2) is 0 Å². The van der Waals surface area contributed by atoms with E-state index in [9.17, 15) is 4.79 Å². The quantitative estimate of drug-likeness (QED) is 0.214. The topological polar surface area (TPSA) is 47.4 Å². The van der Waals surface area contributed by atoms with Gasteiger partial charge in [-0.15, -0.1) is 5.69 Å². The maximum atomic E-state index is 13.1. The van der Waals surface area contributed by atoms with Crippen LogP contribution in [0.2, 0.25) is 0 Å². The van der Waals surface area contributed by atoms with Crippen molar-refractivity contribution in [2.45, 2.75) is 65.0 Å². The van der Waals surface area contributed by atoms with Crippen molar-refractivity contribution in [3.63, 3.8) is 0 Å². The monoisotopic (exact) mass is 735 g/mol. The van der Waals surface area contributed by atoms with Crippen molar-refractivity contribution in [1.82, 2.24) is 9.80 Å². The van der Waals surface area contributed by atoms with Gasteiger partial charge in [0.15, 0.2) is 5.78 Å². The Hall–Kier alpha value is -1.51. The third-order valence-electron chi connectivity index (χ3n) is 8.71. The van der Waals surface area contributed by atoms with Gasteiger partial charge in [-0.05, 0) is 98.3 Å². The molecule has 0 unspecified atom stereocenters. The molecule has 39 heavy (non-hydrogen) atoms. The largest absolute Gasteiger partial charge is 0.698 e. The Morgan fingerprint density at radius 2 is 1.46 bits per heavy atom. The van der Waals surface area contributed by atoms with Crippen LogP contribution < -0.4 is 0 Å². The van der Waals surface area contributed by atoms with Crippen LogP contribution in [0.5, 0.6) is 0 Å². The van der Waals surface area contributed by atoms with Gasteiger partial charge in [-0.1, -0.05) is 60.7 Å². The predicted octanol–water partition coefficient (Wildman–Crippen LogP) is 7.54. The first kappa shape index (κ1) is 30.5. The molecule has 0 amide bonds. The second-order valence-electron chi connectivity index (χ2n) is 11.4. The van der Waals surface area contributed by atoms with Gasteiger partial charge in [0.1, 0.15) is 0 Å². The number of rotatable bonds is 9. The van der Waals surface area contributed by atoms with Crippen molar-refractivity contribution in [2.75, 3.05) is 26.2 Å². The van der Waals surface area contributed by atoms with E-state index in [2.05, 4.69) is 65.3 Å². The Morgan fingerprint density at radius 3 is 2.21 bits per heavy atom. The fourth-order valence-corrected chi connectivity index (χ4v) is 6.16. The molecular formula is C34H42AcN3O-. The van der Waals surface area contributed by atoms with Crippen molar-refractivity contribution in [3.8, 4) is 0 Å². The van der Waals surface area contributed by atoms with Crippen molar-refractivity contribution in [3.05, 3.63) is 106 Å². The standard InChI is InChI=1S/C34H42N3O.Ac/c1-26-7-2-3-9-31(26)24-37-21-17-28-13-14-30(23-29(28)18-22-37)34(38)12-6-8-27-15-19-36(20-16-27)25-32-10-4-5-11-33(32)35;/h2-5,7,9-11,13-14,23,27,35H,6,8,12,15-22,24-25H2,1H3;/q-1;. The van der Waals surface area contributed by atoms with Gasteiger partial charge >= 0.3 is 0 Å². The number of carbonyl (C=O) groups excluding carboxylic acids is 1. The molecular weight excluding hydrogens is 693 g/mol. The van der Waals surface area contributed by atoms with Crippen LogP contribution in [-0.2, 0) is 25.9 Å². The fraction of sp³-hybridized carbons (Fsp3) is 0.441. The number of carbonyl (C=O) groups is 1. The zero-order valence-electron chi connectivity index (χ0n) is 23.5. The van der Waals surface area contributed by atoms with Gasteiger partial charge in [-0.2, -0.15) is 0 Å². The molecule has 0 saturated carbocycles. The van der Waals surface area contributed by atoms with Crippen molar-refractivity contribution in [2.24, 2.45) is 5.92 Å². The summed E-state index contributed by atoms with van der Waals surface area (Å²) in [5.74, 6) is 1.02. The van der Waals surface area contributed by atoms with E-state index in [1.807, 2.05) is 18.2 Å². The van der Waals surface area contributed by atoms with Crippen LogP contribution in [0.25, 0.3) is 5.73 Å². The zero-order chi connectivity index (χ0) is 26.3. The molecule has 0 aliphatic carbocycles. The molecule has 2 aliphatic heterocycles. The van der Waals surface area contributed by atoms with Gasteiger partial charge in [0.2, 0.25) is 0 Å². The van der Waals surface area contributed by atoms with Crippen molar-refractivity contribution in [1.29, 1.82) is 0 Å². The van der Waals surface area contributed by atoms with Crippen molar-refractivity contribution < 1.29 is 48.9 Å². The summed E-state index contributed by atoms with van der Waals surface area (Å²) in [4.78, 5) is 18.1. The molecule has 3 aromatic carbocycles. The molecule has 4 nitrogen and oxygen atoms in total. The van der Waals surface area contributed by atoms with E-state index in [4.69, 9.17) is 5.73 Å². The number of piperidine rings is 1. The summed E-state index contributed by atoms with van der Waals surface area (Å²) in [5.41, 5.74) is 16.3. The number of nitrogens with zero attached hydrogens (tertiary/aromatic N) is 2. The smallest absolute Gasteiger partial charge is 0.162 e. The number of benzene rings is 3. The number of hydrogen-bond acceptors (Lipinski definition) is 3. The summed E-state index contributed by atoms with van der Waals surface area (Å²) in [6.45, 7) is 8.39. The predicted molar refractivity (Wildman–Crippen MR) is 157 cm³/mol. The molecule has 0 spiro atoms. The molecule has 1 N–H and O–H groups in total. The van der Waals surface area contributed by atoms with Crippen LogP contribution in [0.15, 0.2) is 66.7 Å². The third-order valence-corrected chi connectivity index (χ3v) is 8.71. The van der Waals surface area contributed by atoms with Crippen LogP contribution in [0.4, 0.5) is 5.69 Å². The maximum absolute atomic E-state index is 13.1. The normalized spacial score (nSPS) is 16.7. The molecule has 5 rings (SSSR count). The van der Waals surface area contributed by atoms with Crippen LogP contribution in [0.3, 0.4) is 0 Å². The van der Waals surface area contributed by atoms with E-state index in [-0.39, 0.29) is 44.1 Å². The van der Waals surface area contributed by atoms with Crippen LogP contribution in [-0.4, -0.2) is 41.8 Å². The maximum Gasteiger partial charge on any atom is 0.162 e. The van der Waals surface area contributed by atoms with E-state index in [0.29, 0.717) is 17.9 Å². The Kier molecular flexibility index (Phi) is 11.7. The van der Waals surface area contributed by atoms with E-state index < -0.39 is 0 Å². The number of aryl methyl sites for hydroxylation is 1. The molecule has 3 aromatic rings. The number of nitrogens with one attached hydrogen (secondary N) is 1. The average Bonchev–Trinajstić information content (AvgIpc) is 3.14. The minimum atomic E-state index is 0. The molecule has 1 fully saturated rings. The molecule has 1 radical (unpaired) electrons. The molecule has 0 aromatic heterocycles. The molecule has 0 atom stereocenters. The summed E-state index contributed by atoms with van der Waals surface area (Å²) >= 11 is 0. The van der Waals surface area contributed by atoms with E-state index in [1.54, 1.807) is 0 Å². The van der Waals surface area contributed by atoms with Gasteiger partial charge in [0.05, 0.1) is 0 Å². The molecule has 2 heterocycles. The van der Waals surface area contributed by atoms with Gasteiger partial charge < -0.3 is 5.73 Å². The SMILES string of the molecule is Cc1ccccc1CN1CCc2ccc(C(=O)CCCC3CCN(Cc4ccccc4[NH-])CC3)cc2CC1.[Ac]. The minimum absolute atomic E-state index is 0. The number of ketones is 1.